The SMILES string of the molecule is N#Cc1ccc(-c2cc(C#N)c(N)nc2C2=CC=CCO2)cc1. The first-order valence-corrected chi connectivity index (χ1v) is 6.94. The number of nitrogen functional groups attached to an aromatic ring is 1. The zero-order valence-electron chi connectivity index (χ0n) is 12.2. The van der Waals surface area contributed by atoms with Crippen LogP contribution >= 0.6 is 0 Å². The molecule has 0 fully saturated rings. The molecule has 0 radical (unpaired) electrons. The molecule has 3 rings (SSSR count). The van der Waals surface area contributed by atoms with Gasteiger partial charge in [0.25, 0.3) is 0 Å². The lowest BCUT2D eigenvalue weighted by atomic mass is 9.99. The number of anilines is 1. The van der Waals surface area contributed by atoms with E-state index in [9.17, 15) is 5.26 Å². The van der Waals surface area contributed by atoms with Crippen LogP contribution in [0, 0.1) is 22.7 Å². The van der Waals surface area contributed by atoms with Crippen molar-refractivity contribution in [1.82, 2.24) is 4.98 Å². The lowest BCUT2D eigenvalue weighted by Gasteiger charge is -2.16. The van der Waals surface area contributed by atoms with E-state index in [1.165, 1.54) is 0 Å². The summed E-state index contributed by atoms with van der Waals surface area (Å²) in [6.45, 7) is 0.459. The second kappa shape index (κ2) is 6.05. The number of pyridine rings is 1. The van der Waals surface area contributed by atoms with Crippen molar-refractivity contribution in [2.24, 2.45) is 0 Å². The van der Waals surface area contributed by atoms with Crippen LogP contribution in [-0.2, 0) is 4.74 Å². The highest BCUT2D eigenvalue weighted by molar-refractivity contribution is 5.80. The predicted octanol–water partition coefficient (Wildman–Crippen LogP) is 3.00. The molecule has 5 heteroatoms. The minimum atomic E-state index is 0.166. The Morgan fingerprint density at radius 2 is 1.91 bits per heavy atom. The molecule has 0 aliphatic carbocycles. The molecule has 5 nitrogen and oxygen atoms in total. The molecule has 0 atom stereocenters. The minimum Gasteiger partial charge on any atom is -0.487 e. The van der Waals surface area contributed by atoms with Crippen molar-refractivity contribution in [3.8, 4) is 23.3 Å². The van der Waals surface area contributed by atoms with Gasteiger partial charge < -0.3 is 10.5 Å². The first-order valence-electron chi connectivity index (χ1n) is 6.94. The van der Waals surface area contributed by atoms with E-state index in [0.717, 1.165) is 11.1 Å². The van der Waals surface area contributed by atoms with Crippen molar-refractivity contribution in [2.45, 2.75) is 0 Å². The third-order valence-corrected chi connectivity index (χ3v) is 3.45. The Bertz CT molecular complexity index is 896. The van der Waals surface area contributed by atoms with Gasteiger partial charge in [0.15, 0.2) is 0 Å². The summed E-state index contributed by atoms with van der Waals surface area (Å²) in [5.74, 6) is 0.766. The Hall–Kier alpha value is -3.57. The number of nitrogens with zero attached hydrogens (tertiary/aromatic N) is 3. The number of rotatable bonds is 2. The molecular formula is C18H12N4O. The average molecular weight is 300 g/mol. The van der Waals surface area contributed by atoms with Crippen LogP contribution in [0.4, 0.5) is 5.82 Å². The highest BCUT2D eigenvalue weighted by Gasteiger charge is 2.17. The Morgan fingerprint density at radius 1 is 1.13 bits per heavy atom. The standard InChI is InChI=1S/C18H12N4O/c19-10-12-4-6-13(7-5-12)15-9-14(11-20)18(21)22-17(15)16-3-1-2-8-23-16/h1-7,9H,8H2,(H2,21,22). The van der Waals surface area contributed by atoms with Crippen LogP contribution in [0.15, 0.2) is 48.6 Å². The van der Waals surface area contributed by atoms with Gasteiger partial charge in [-0.15, -0.1) is 0 Å². The summed E-state index contributed by atoms with van der Waals surface area (Å²) in [6, 6.07) is 12.9. The normalized spacial score (nSPS) is 12.7. The number of allylic oxidation sites excluding steroid dienone is 2. The first kappa shape index (κ1) is 14.4. The number of hydrogen-bond donors (Lipinski definition) is 1. The Kier molecular flexibility index (Phi) is 3.78. The number of aromatic nitrogens is 1. The molecule has 1 aromatic heterocycles. The zero-order valence-corrected chi connectivity index (χ0v) is 12.2. The molecular weight excluding hydrogens is 288 g/mol. The lowest BCUT2D eigenvalue weighted by molar-refractivity contribution is 0.315. The summed E-state index contributed by atoms with van der Waals surface area (Å²) >= 11 is 0. The van der Waals surface area contributed by atoms with Crippen LogP contribution in [-0.4, -0.2) is 11.6 Å². The summed E-state index contributed by atoms with van der Waals surface area (Å²) in [7, 11) is 0. The third-order valence-electron chi connectivity index (χ3n) is 3.45. The maximum atomic E-state index is 9.20. The van der Waals surface area contributed by atoms with Gasteiger partial charge in [0.2, 0.25) is 0 Å². The predicted molar refractivity (Wildman–Crippen MR) is 86.6 cm³/mol. The largest absolute Gasteiger partial charge is 0.487 e. The van der Waals surface area contributed by atoms with Gasteiger partial charge in [-0.3, -0.25) is 0 Å². The first-order chi connectivity index (χ1) is 11.2. The van der Waals surface area contributed by atoms with Crippen molar-refractivity contribution in [3.63, 3.8) is 0 Å². The van der Waals surface area contributed by atoms with E-state index < -0.39 is 0 Å². The van der Waals surface area contributed by atoms with Gasteiger partial charge in [0.1, 0.15) is 29.9 Å². The second-order valence-corrected chi connectivity index (χ2v) is 4.89. The molecule has 110 valence electrons. The van der Waals surface area contributed by atoms with Gasteiger partial charge in [-0.2, -0.15) is 10.5 Å². The summed E-state index contributed by atoms with van der Waals surface area (Å²) in [6.07, 6.45) is 5.58. The minimum absolute atomic E-state index is 0.166. The van der Waals surface area contributed by atoms with Crippen LogP contribution in [0.3, 0.4) is 0 Å². The fraction of sp³-hybridized carbons (Fsp3) is 0.0556. The fourth-order valence-corrected chi connectivity index (χ4v) is 2.29. The molecule has 0 bridgehead atoms. The van der Waals surface area contributed by atoms with Gasteiger partial charge in [0, 0.05) is 5.56 Å². The Balaban J connectivity index is 2.20. The molecule has 0 spiro atoms. The maximum absolute atomic E-state index is 9.20. The molecule has 2 aromatic rings. The van der Waals surface area contributed by atoms with Crippen molar-refractivity contribution in [1.29, 1.82) is 10.5 Å². The number of ether oxygens (including phenoxy) is 1. The van der Waals surface area contributed by atoms with Crippen molar-refractivity contribution in [2.75, 3.05) is 12.3 Å². The highest BCUT2D eigenvalue weighted by Crippen LogP contribution is 2.32. The molecule has 0 saturated carbocycles. The summed E-state index contributed by atoms with van der Waals surface area (Å²) in [5.41, 5.74) is 8.88. The van der Waals surface area contributed by atoms with E-state index in [0.29, 0.717) is 29.2 Å². The maximum Gasteiger partial charge on any atom is 0.146 e. The van der Waals surface area contributed by atoms with E-state index in [4.69, 9.17) is 15.7 Å². The topological polar surface area (TPSA) is 95.7 Å². The molecule has 1 aromatic carbocycles. The van der Waals surface area contributed by atoms with Crippen LogP contribution < -0.4 is 5.73 Å². The third kappa shape index (κ3) is 2.76. The molecule has 0 saturated heterocycles. The Morgan fingerprint density at radius 3 is 2.52 bits per heavy atom. The van der Waals surface area contributed by atoms with Crippen LogP contribution in [0.5, 0.6) is 0 Å². The number of benzene rings is 1. The number of hydrogen-bond acceptors (Lipinski definition) is 5. The second-order valence-electron chi connectivity index (χ2n) is 4.89. The zero-order chi connectivity index (χ0) is 16.2. The van der Waals surface area contributed by atoms with Crippen molar-refractivity contribution in [3.05, 3.63) is 65.4 Å². The summed E-state index contributed by atoms with van der Waals surface area (Å²) in [5, 5.41) is 18.1. The quantitative estimate of drug-likeness (QED) is 0.919. The van der Waals surface area contributed by atoms with Gasteiger partial charge in [-0.1, -0.05) is 18.2 Å². The van der Waals surface area contributed by atoms with E-state index >= 15 is 0 Å². The van der Waals surface area contributed by atoms with Crippen LogP contribution in [0.25, 0.3) is 16.9 Å². The van der Waals surface area contributed by atoms with Gasteiger partial charge >= 0.3 is 0 Å². The smallest absolute Gasteiger partial charge is 0.146 e. The Labute approximate surface area is 133 Å². The molecule has 0 amide bonds. The van der Waals surface area contributed by atoms with Crippen LogP contribution in [0.1, 0.15) is 16.8 Å². The molecule has 2 N–H and O–H groups in total. The number of nitriles is 2. The molecule has 1 aliphatic rings. The molecule has 1 aliphatic heterocycles. The van der Waals surface area contributed by atoms with E-state index in [1.807, 2.05) is 36.4 Å². The molecule has 2 heterocycles. The van der Waals surface area contributed by atoms with E-state index in [-0.39, 0.29) is 5.82 Å². The van der Waals surface area contributed by atoms with E-state index in [2.05, 4.69) is 11.1 Å². The monoisotopic (exact) mass is 300 g/mol. The van der Waals surface area contributed by atoms with Crippen molar-refractivity contribution >= 4 is 11.6 Å². The average Bonchev–Trinajstić information content (AvgIpc) is 2.62. The molecule has 23 heavy (non-hydrogen) atoms. The van der Waals surface area contributed by atoms with Gasteiger partial charge in [-0.05, 0) is 35.9 Å². The lowest BCUT2D eigenvalue weighted by Crippen LogP contribution is -2.05. The highest BCUT2D eigenvalue weighted by atomic mass is 16.5. The number of nitrogens with two attached hydrogens (primary N) is 1. The van der Waals surface area contributed by atoms with Crippen molar-refractivity contribution < 1.29 is 4.74 Å². The fourth-order valence-electron chi connectivity index (χ4n) is 2.29. The van der Waals surface area contributed by atoms with Gasteiger partial charge in [-0.25, -0.2) is 4.98 Å². The van der Waals surface area contributed by atoms with E-state index in [1.54, 1.807) is 18.2 Å². The summed E-state index contributed by atoms with van der Waals surface area (Å²) in [4.78, 5) is 4.35. The molecule has 0 unspecified atom stereocenters. The summed E-state index contributed by atoms with van der Waals surface area (Å²) < 4.78 is 5.62. The van der Waals surface area contributed by atoms with Crippen LogP contribution in [0.2, 0.25) is 0 Å². The van der Waals surface area contributed by atoms with Gasteiger partial charge in [0.05, 0.1) is 17.2 Å².